The largest absolute Gasteiger partial charge is 0.396 e. The van der Waals surface area contributed by atoms with E-state index in [1.165, 1.54) is 5.56 Å². The summed E-state index contributed by atoms with van der Waals surface area (Å²) in [5.74, 6) is 1.67. The fraction of sp³-hybridized carbons (Fsp3) is 0.400. The smallest absolute Gasteiger partial charge is 0.227 e. The third-order valence-electron chi connectivity index (χ3n) is 8.75. The fourth-order valence-corrected chi connectivity index (χ4v) is 6.19. The molecular formula is C35H43N7O2. The SMILES string of the molecule is Cc1ccc2c(NCc3ccc(NC(=O)C4CCN(Cc5ccccc5)CC4)cc3)nc(N3CCNC(CCO)C3)nc2c1. The van der Waals surface area contributed by atoms with Crippen molar-refractivity contribution in [2.75, 3.05) is 54.9 Å². The molecule has 2 aliphatic heterocycles. The third-order valence-corrected chi connectivity index (χ3v) is 8.75. The summed E-state index contributed by atoms with van der Waals surface area (Å²) >= 11 is 0. The Kier molecular flexibility index (Phi) is 9.65. The van der Waals surface area contributed by atoms with E-state index in [4.69, 9.17) is 9.97 Å². The second kappa shape index (κ2) is 14.2. The molecule has 6 rings (SSSR count). The van der Waals surface area contributed by atoms with Crippen molar-refractivity contribution >= 4 is 34.3 Å². The molecule has 230 valence electrons. The number of aromatic nitrogens is 2. The lowest BCUT2D eigenvalue weighted by atomic mass is 9.95. The van der Waals surface area contributed by atoms with Gasteiger partial charge in [-0.2, -0.15) is 4.98 Å². The van der Waals surface area contributed by atoms with Crippen LogP contribution in [0.1, 0.15) is 36.0 Å². The van der Waals surface area contributed by atoms with Gasteiger partial charge in [-0.15, -0.1) is 0 Å². The molecule has 2 aliphatic rings. The molecule has 1 amide bonds. The first-order valence-electron chi connectivity index (χ1n) is 15.8. The molecule has 4 N–H and O–H groups in total. The van der Waals surface area contributed by atoms with Crippen molar-refractivity contribution in [3.8, 4) is 0 Å². The molecule has 9 heteroatoms. The quantitative estimate of drug-likeness (QED) is 0.212. The van der Waals surface area contributed by atoms with E-state index in [9.17, 15) is 9.90 Å². The number of nitrogens with one attached hydrogen (secondary N) is 3. The number of hydrogen-bond donors (Lipinski definition) is 4. The van der Waals surface area contributed by atoms with E-state index in [1.54, 1.807) is 0 Å². The Balaban J connectivity index is 1.06. The number of aliphatic hydroxyl groups excluding tert-OH is 1. The van der Waals surface area contributed by atoms with Crippen LogP contribution in [0.2, 0.25) is 0 Å². The lowest BCUT2D eigenvalue weighted by molar-refractivity contribution is -0.121. The van der Waals surface area contributed by atoms with Gasteiger partial charge in [-0.1, -0.05) is 48.5 Å². The molecule has 1 aromatic heterocycles. The van der Waals surface area contributed by atoms with Crippen LogP contribution in [0.5, 0.6) is 0 Å². The summed E-state index contributed by atoms with van der Waals surface area (Å²) in [6, 6.07) is 25.1. The van der Waals surface area contributed by atoms with Gasteiger partial charge >= 0.3 is 0 Å². The van der Waals surface area contributed by atoms with Crippen LogP contribution in [0.25, 0.3) is 10.9 Å². The van der Waals surface area contributed by atoms with Gasteiger partial charge in [0, 0.05) is 62.4 Å². The Morgan fingerprint density at radius 2 is 1.77 bits per heavy atom. The molecule has 9 nitrogen and oxygen atoms in total. The number of aryl methyl sites for hydroxylation is 1. The van der Waals surface area contributed by atoms with E-state index in [0.717, 1.165) is 85.6 Å². The van der Waals surface area contributed by atoms with E-state index in [1.807, 2.05) is 18.2 Å². The Morgan fingerprint density at radius 1 is 0.977 bits per heavy atom. The molecule has 0 bridgehead atoms. The number of piperidine rings is 1. The van der Waals surface area contributed by atoms with Crippen LogP contribution in [0.4, 0.5) is 17.5 Å². The zero-order valence-corrected chi connectivity index (χ0v) is 25.5. The van der Waals surface area contributed by atoms with Gasteiger partial charge in [0.2, 0.25) is 11.9 Å². The monoisotopic (exact) mass is 593 g/mol. The first kappa shape index (κ1) is 30.0. The van der Waals surface area contributed by atoms with Crippen LogP contribution in [0.3, 0.4) is 0 Å². The highest BCUT2D eigenvalue weighted by Gasteiger charge is 2.25. The maximum absolute atomic E-state index is 13.0. The molecule has 1 unspecified atom stereocenters. The van der Waals surface area contributed by atoms with E-state index in [-0.39, 0.29) is 24.5 Å². The zero-order chi connectivity index (χ0) is 30.3. The van der Waals surface area contributed by atoms with Crippen LogP contribution in [-0.4, -0.2) is 71.3 Å². The third kappa shape index (κ3) is 7.53. The van der Waals surface area contributed by atoms with Crippen molar-refractivity contribution in [3.05, 3.63) is 89.5 Å². The Bertz CT molecular complexity index is 1540. The summed E-state index contributed by atoms with van der Waals surface area (Å²) in [7, 11) is 0. The van der Waals surface area contributed by atoms with Crippen LogP contribution < -0.4 is 20.9 Å². The first-order chi connectivity index (χ1) is 21.5. The number of carbonyl (C=O) groups is 1. The standard InChI is InChI=1S/C35H43N7O2/c1-25-7-12-31-32(21-25)39-35(42-19-16-36-30(24-42)15-20-43)40-33(31)37-22-26-8-10-29(11-9-26)38-34(44)28-13-17-41(18-14-28)23-27-5-3-2-4-6-27/h2-12,21,28,30,36,43H,13-20,22-24H2,1H3,(H,38,44)(H,37,39,40). The number of benzene rings is 3. The summed E-state index contributed by atoms with van der Waals surface area (Å²) in [4.78, 5) is 27.5. The first-order valence-corrected chi connectivity index (χ1v) is 15.8. The predicted octanol–water partition coefficient (Wildman–Crippen LogP) is 4.56. The lowest BCUT2D eigenvalue weighted by Gasteiger charge is -2.33. The van der Waals surface area contributed by atoms with Gasteiger partial charge in [0.15, 0.2) is 0 Å². The molecule has 0 spiro atoms. The summed E-state index contributed by atoms with van der Waals surface area (Å²) in [5.41, 5.74) is 5.32. The highest BCUT2D eigenvalue weighted by atomic mass is 16.3. The van der Waals surface area contributed by atoms with Crippen molar-refractivity contribution < 1.29 is 9.90 Å². The molecular weight excluding hydrogens is 550 g/mol. The zero-order valence-electron chi connectivity index (χ0n) is 25.5. The van der Waals surface area contributed by atoms with E-state index >= 15 is 0 Å². The Hall–Kier alpha value is -4.05. The maximum atomic E-state index is 13.0. The van der Waals surface area contributed by atoms with Crippen LogP contribution in [-0.2, 0) is 17.9 Å². The number of hydrogen-bond acceptors (Lipinski definition) is 8. The number of rotatable bonds is 10. The molecule has 3 heterocycles. The molecule has 0 aliphatic carbocycles. The summed E-state index contributed by atoms with van der Waals surface area (Å²) in [6.07, 6.45) is 2.47. The number of anilines is 3. The Morgan fingerprint density at radius 3 is 2.55 bits per heavy atom. The summed E-state index contributed by atoms with van der Waals surface area (Å²) < 4.78 is 0. The lowest BCUT2D eigenvalue weighted by Crippen LogP contribution is -2.51. The predicted molar refractivity (Wildman–Crippen MR) is 177 cm³/mol. The minimum atomic E-state index is 0.0434. The van der Waals surface area contributed by atoms with Crippen LogP contribution in [0.15, 0.2) is 72.8 Å². The molecule has 0 saturated carbocycles. The van der Waals surface area contributed by atoms with E-state index in [2.05, 4.69) is 87.3 Å². The normalized spacial score (nSPS) is 18.0. The summed E-state index contributed by atoms with van der Waals surface area (Å²) in [5, 5.41) is 20.6. The second-order valence-electron chi connectivity index (χ2n) is 12.1. The minimum Gasteiger partial charge on any atom is -0.396 e. The van der Waals surface area contributed by atoms with Crippen molar-refractivity contribution in [3.63, 3.8) is 0 Å². The minimum absolute atomic E-state index is 0.0434. The fourth-order valence-electron chi connectivity index (χ4n) is 6.19. The molecule has 0 radical (unpaired) electrons. The molecule has 4 aromatic rings. The number of carbonyl (C=O) groups excluding carboxylic acids is 1. The molecule has 44 heavy (non-hydrogen) atoms. The molecule has 1 atom stereocenters. The molecule has 2 saturated heterocycles. The van der Waals surface area contributed by atoms with Crippen molar-refractivity contribution in [1.29, 1.82) is 0 Å². The number of amides is 1. The number of fused-ring (bicyclic) bond motifs is 1. The van der Waals surface area contributed by atoms with Crippen LogP contribution in [0, 0.1) is 12.8 Å². The van der Waals surface area contributed by atoms with Gasteiger partial charge in [-0.25, -0.2) is 4.98 Å². The molecule has 2 fully saturated rings. The topological polar surface area (TPSA) is 106 Å². The van der Waals surface area contributed by atoms with Crippen LogP contribution >= 0.6 is 0 Å². The van der Waals surface area contributed by atoms with Crippen molar-refractivity contribution in [1.82, 2.24) is 20.2 Å². The highest BCUT2D eigenvalue weighted by molar-refractivity contribution is 5.93. The van der Waals surface area contributed by atoms with Crippen molar-refractivity contribution in [2.24, 2.45) is 5.92 Å². The van der Waals surface area contributed by atoms with E-state index < -0.39 is 0 Å². The Labute approximate surface area is 259 Å². The molecule has 3 aromatic carbocycles. The number of likely N-dealkylation sites (tertiary alicyclic amines) is 1. The van der Waals surface area contributed by atoms with Gasteiger partial charge in [0.05, 0.1) is 5.52 Å². The average Bonchev–Trinajstić information content (AvgIpc) is 3.05. The van der Waals surface area contributed by atoms with Gasteiger partial charge in [0.1, 0.15) is 5.82 Å². The number of piperazine rings is 1. The maximum Gasteiger partial charge on any atom is 0.227 e. The van der Waals surface area contributed by atoms with Crippen molar-refractivity contribution in [2.45, 2.75) is 45.3 Å². The average molecular weight is 594 g/mol. The summed E-state index contributed by atoms with van der Waals surface area (Å²) in [6.45, 7) is 8.07. The van der Waals surface area contributed by atoms with Gasteiger partial charge in [-0.05, 0) is 80.2 Å². The second-order valence-corrected chi connectivity index (χ2v) is 12.1. The number of aliphatic hydroxyl groups is 1. The number of nitrogens with zero attached hydrogens (tertiary/aromatic N) is 4. The van der Waals surface area contributed by atoms with Gasteiger partial charge in [-0.3, -0.25) is 9.69 Å². The van der Waals surface area contributed by atoms with Gasteiger partial charge < -0.3 is 26.0 Å². The van der Waals surface area contributed by atoms with Gasteiger partial charge in [0.25, 0.3) is 0 Å². The highest BCUT2D eigenvalue weighted by Crippen LogP contribution is 2.26. The van der Waals surface area contributed by atoms with E-state index in [0.29, 0.717) is 18.9 Å².